The van der Waals surface area contributed by atoms with Gasteiger partial charge in [0, 0.05) is 62.4 Å². The Bertz CT molecular complexity index is 1040. The number of carbonyl (C=O) groups excluding carboxylic acids is 1. The van der Waals surface area contributed by atoms with E-state index in [4.69, 9.17) is 5.53 Å². The molecule has 1 saturated heterocycles. The Balaban J connectivity index is 1.65. The van der Waals surface area contributed by atoms with Crippen molar-refractivity contribution in [3.8, 4) is 0 Å². The molecule has 0 spiro atoms. The van der Waals surface area contributed by atoms with Gasteiger partial charge in [-0.2, -0.15) is 13.2 Å². The van der Waals surface area contributed by atoms with Crippen molar-refractivity contribution < 1.29 is 18.0 Å². The lowest BCUT2D eigenvalue weighted by molar-refractivity contribution is -0.138. The molecule has 1 aliphatic rings. The molecule has 0 aromatic carbocycles. The van der Waals surface area contributed by atoms with E-state index in [-0.39, 0.29) is 37.1 Å². The molecule has 14 heteroatoms. The number of hydrogen-bond donors (Lipinski definition) is 0. The molecule has 3 heterocycles. The molecule has 2 aromatic rings. The molecule has 0 bridgehead atoms. The maximum Gasteiger partial charge on any atom is 0.419 e. The average molecular weight is 437 g/mol. The van der Waals surface area contributed by atoms with Gasteiger partial charge >= 0.3 is 11.9 Å². The molecular weight excluding hydrogens is 419 g/mol. The number of piperazine rings is 1. The third-order valence-electron chi connectivity index (χ3n) is 4.63. The van der Waals surface area contributed by atoms with Crippen LogP contribution in [0, 0.1) is 0 Å². The van der Waals surface area contributed by atoms with Crippen molar-refractivity contribution in [3.05, 3.63) is 56.8 Å². The van der Waals surface area contributed by atoms with Gasteiger partial charge in [-0.05, 0) is 5.53 Å². The summed E-state index contributed by atoms with van der Waals surface area (Å²) in [7, 11) is 0. The molecule has 1 fully saturated rings. The van der Waals surface area contributed by atoms with Crippen molar-refractivity contribution in [1.29, 1.82) is 0 Å². The zero-order chi connectivity index (χ0) is 22.6. The fourth-order valence-corrected chi connectivity index (χ4v) is 3.03. The van der Waals surface area contributed by atoms with Crippen molar-refractivity contribution in [2.45, 2.75) is 25.7 Å². The summed E-state index contributed by atoms with van der Waals surface area (Å²) >= 11 is 0. The van der Waals surface area contributed by atoms with Crippen LogP contribution in [0.25, 0.3) is 10.4 Å². The minimum atomic E-state index is -4.51. The van der Waals surface area contributed by atoms with Gasteiger partial charge in [-0.25, -0.2) is 19.7 Å². The quantitative estimate of drug-likeness (QED) is 0.397. The minimum Gasteiger partial charge on any atom is -0.337 e. The van der Waals surface area contributed by atoms with E-state index in [0.717, 1.165) is 12.4 Å². The van der Waals surface area contributed by atoms with E-state index in [2.05, 4.69) is 25.0 Å². The third-order valence-corrected chi connectivity index (χ3v) is 4.63. The summed E-state index contributed by atoms with van der Waals surface area (Å²) in [6.07, 6.45) is -0.498. The molecule has 1 aliphatic heterocycles. The molecule has 0 aliphatic carbocycles. The number of hydrogen-bond acceptors (Lipinski definition) is 7. The van der Waals surface area contributed by atoms with Gasteiger partial charge in [0.05, 0.1) is 17.2 Å². The highest BCUT2D eigenvalue weighted by Gasteiger charge is 2.32. The molecular formula is C17H18F3N9O2. The van der Waals surface area contributed by atoms with Crippen LogP contribution in [0.1, 0.15) is 22.8 Å². The first-order valence-electron chi connectivity index (χ1n) is 9.23. The maximum absolute atomic E-state index is 12.8. The van der Waals surface area contributed by atoms with Crippen molar-refractivity contribution in [3.63, 3.8) is 0 Å². The van der Waals surface area contributed by atoms with E-state index in [0.29, 0.717) is 13.1 Å². The van der Waals surface area contributed by atoms with Crippen LogP contribution in [0.2, 0.25) is 0 Å². The Kier molecular flexibility index (Phi) is 6.39. The molecule has 0 unspecified atom stereocenters. The number of rotatable bonds is 5. The highest BCUT2D eigenvalue weighted by Crippen LogP contribution is 2.28. The molecule has 31 heavy (non-hydrogen) atoms. The van der Waals surface area contributed by atoms with Gasteiger partial charge in [0.1, 0.15) is 0 Å². The summed E-state index contributed by atoms with van der Waals surface area (Å²) in [6, 6.07) is -0.498. The van der Waals surface area contributed by atoms with E-state index in [1.807, 2.05) is 0 Å². The Morgan fingerprint density at radius 3 is 2.42 bits per heavy atom. The standard InChI is InChI=1S/C17H18F3N9O2/c1-11(25-26-21)9-29-10-12(6-24-16(29)31)14(30)27-2-4-28(5-3-27)15-22-7-13(8-23-15)17(18,19)20/h6-8,10-11H,2-5,9H2,1H3/t11-/m0/s1. The van der Waals surface area contributed by atoms with E-state index < -0.39 is 23.5 Å². The Hall–Kier alpha value is -3.67. The summed E-state index contributed by atoms with van der Waals surface area (Å²) in [5, 5.41) is 3.50. The number of alkyl halides is 3. The number of aromatic nitrogens is 4. The lowest BCUT2D eigenvalue weighted by Crippen LogP contribution is -2.49. The summed E-state index contributed by atoms with van der Waals surface area (Å²) in [5.74, 6) is -0.187. The van der Waals surface area contributed by atoms with Gasteiger partial charge in [0.25, 0.3) is 5.91 Å². The molecule has 0 radical (unpaired) electrons. The van der Waals surface area contributed by atoms with Gasteiger partial charge in [0.15, 0.2) is 0 Å². The fraction of sp³-hybridized carbons (Fsp3) is 0.471. The topological polar surface area (TPSA) is 133 Å². The molecule has 164 valence electrons. The smallest absolute Gasteiger partial charge is 0.337 e. The maximum atomic E-state index is 12.8. The van der Waals surface area contributed by atoms with Crippen LogP contribution in [0.4, 0.5) is 19.1 Å². The zero-order valence-corrected chi connectivity index (χ0v) is 16.4. The molecule has 11 nitrogen and oxygen atoms in total. The number of anilines is 1. The van der Waals surface area contributed by atoms with Crippen LogP contribution in [0.5, 0.6) is 0 Å². The predicted octanol–water partition coefficient (Wildman–Crippen LogP) is 1.71. The third kappa shape index (κ3) is 5.28. The van der Waals surface area contributed by atoms with Gasteiger partial charge < -0.3 is 9.80 Å². The molecule has 1 atom stereocenters. The fourth-order valence-electron chi connectivity index (χ4n) is 3.03. The lowest BCUT2D eigenvalue weighted by Gasteiger charge is -2.34. The highest BCUT2D eigenvalue weighted by atomic mass is 19.4. The van der Waals surface area contributed by atoms with Gasteiger partial charge in [-0.1, -0.05) is 12.0 Å². The number of amides is 1. The molecule has 1 amide bonds. The average Bonchev–Trinajstić information content (AvgIpc) is 2.74. The van der Waals surface area contributed by atoms with Crippen molar-refractivity contribution in [1.82, 2.24) is 24.4 Å². The summed E-state index contributed by atoms with van der Waals surface area (Å²) in [6.45, 7) is 2.95. The molecule has 0 saturated carbocycles. The van der Waals surface area contributed by atoms with Crippen LogP contribution in [-0.4, -0.2) is 62.5 Å². The largest absolute Gasteiger partial charge is 0.419 e. The normalized spacial score (nSPS) is 15.4. The number of azide groups is 1. The van der Waals surface area contributed by atoms with Crippen LogP contribution in [-0.2, 0) is 12.7 Å². The number of nitrogens with zero attached hydrogens (tertiary/aromatic N) is 9. The monoisotopic (exact) mass is 437 g/mol. The second kappa shape index (κ2) is 9.00. The predicted molar refractivity (Wildman–Crippen MR) is 102 cm³/mol. The van der Waals surface area contributed by atoms with E-state index in [1.165, 1.54) is 17.0 Å². The van der Waals surface area contributed by atoms with Gasteiger partial charge in [-0.15, -0.1) is 0 Å². The van der Waals surface area contributed by atoms with Crippen LogP contribution < -0.4 is 10.6 Å². The highest BCUT2D eigenvalue weighted by molar-refractivity contribution is 5.93. The first kappa shape index (κ1) is 22.0. The molecule has 2 aromatic heterocycles. The zero-order valence-electron chi connectivity index (χ0n) is 16.4. The van der Waals surface area contributed by atoms with Crippen LogP contribution in [0.3, 0.4) is 0 Å². The van der Waals surface area contributed by atoms with Crippen molar-refractivity contribution in [2.24, 2.45) is 5.11 Å². The van der Waals surface area contributed by atoms with E-state index >= 15 is 0 Å². The second-order valence-electron chi connectivity index (χ2n) is 6.88. The summed E-state index contributed by atoms with van der Waals surface area (Å²) in [5.41, 5.74) is 7.19. The van der Waals surface area contributed by atoms with E-state index in [9.17, 15) is 22.8 Å². The molecule has 3 rings (SSSR count). The Morgan fingerprint density at radius 1 is 1.19 bits per heavy atom. The summed E-state index contributed by atoms with van der Waals surface area (Å²) in [4.78, 5) is 41.8. The lowest BCUT2D eigenvalue weighted by atomic mass is 10.2. The first-order chi connectivity index (χ1) is 14.7. The SMILES string of the molecule is C[C@@H](Cn1cc(C(=O)N2CCN(c3ncc(C(F)(F)F)cn3)CC2)cnc1=O)N=[N+]=[N-]. The van der Waals surface area contributed by atoms with Crippen LogP contribution in [0.15, 0.2) is 34.7 Å². The minimum absolute atomic E-state index is 0.0794. The Labute approximate surface area is 173 Å². The molecule has 0 N–H and O–H groups in total. The van der Waals surface area contributed by atoms with Gasteiger partial charge in [-0.3, -0.25) is 9.36 Å². The summed E-state index contributed by atoms with van der Waals surface area (Å²) < 4.78 is 39.1. The van der Waals surface area contributed by atoms with E-state index in [1.54, 1.807) is 16.7 Å². The van der Waals surface area contributed by atoms with Crippen LogP contribution >= 0.6 is 0 Å². The van der Waals surface area contributed by atoms with Crippen molar-refractivity contribution >= 4 is 11.9 Å². The Morgan fingerprint density at radius 2 is 1.84 bits per heavy atom. The number of halogens is 3. The first-order valence-corrected chi connectivity index (χ1v) is 9.23. The van der Waals surface area contributed by atoms with Crippen molar-refractivity contribution in [2.75, 3.05) is 31.1 Å². The number of carbonyl (C=O) groups is 1. The van der Waals surface area contributed by atoms with Gasteiger partial charge in [0.2, 0.25) is 5.95 Å². The second-order valence-corrected chi connectivity index (χ2v) is 6.88.